The second kappa shape index (κ2) is 4.54. The predicted octanol–water partition coefficient (Wildman–Crippen LogP) is -1.31. The summed E-state index contributed by atoms with van der Waals surface area (Å²) < 4.78 is 0.364. The number of alkyl halides is 1. The highest BCUT2D eigenvalue weighted by atomic mass is 127. The monoisotopic (exact) mass is 255 g/mol. The molecule has 0 rings (SSSR count). The van der Waals surface area contributed by atoms with Gasteiger partial charge in [0, 0.05) is 0 Å². The Morgan fingerprint density at radius 1 is 1.50 bits per heavy atom. The van der Waals surface area contributed by atoms with Gasteiger partial charge in [-0.15, -0.1) is 0 Å². The van der Waals surface area contributed by atoms with Crippen molar-refractivity contribution in [1.29, 1.82) is 0 Å². The van der Waals surface area contributed by atoms with Gasteiger partial charge in [0.15, 0.2) is 0 Å². The summed E-state index contributed by atoms with van der Waals surface area (Å²) in [6.45, 7) is 7.54. The lowest BCUT2D eigenvalue weighted by molar-refractivity contribution is -0.479. The molecule has 1 nitrogen and oxygen atoms in total. The highest BCUT2D eigenvalue weighted by molar-refractivity contribution is 4.75. The molecule has 0 aromatic heterocycles. The lowest BCUT2D eigenvalue weighted by atomic mass is 9.92. The van der Waals surface area contributed by atoms with Crippen LogP contribution < -0.4 is 28.3 Å². The highest BCUT2D eigenvalue weighted by Gasteiger charge is 2.13. The third kappa shape index (κ3) is 3.76. The molecule has 0 bridgehead atoms. The van der Waals surface area contributed by atoms with E-state index in [0.717, 1.165) is 6.54 Å². The molecule has 0 amide bonds. The van der Waals surface area contributed by atoms with E-state index in [9.17, 15) is 0 Å². The number of rotatable bonds is 4. The topological polar surface area (TPSA) is 26.0 Å². The Labute approximate surface area is 77.9 Å². The van der Waals surface area contributed by atoms with Gasteiger partial charge in [-0.3, -0.25) is 0 Å². The summed E-state index contributed by atoms with van der Waals surface area (Å²) >= 11 is 2.48. The van der Waals surface area contributed by atoms with Crippen LogP contribution in [0.4, 0.5) is 0 Å². The number of nitrogens with two attached hydrogens (primary N) is 1. The lowest BCUT2D eigenvalue weighted by Crippen LogP contribution is -3.43. The average molecular weight is 255 g/mol. The minimum atomic E-state index is 0.364. The van der Waals surface area contributed by atoms with Crippen LogP contribution in [0, 0.1) is 5.92 Å². The van der Waals surface area contributed by atoms with Crippen LogP contribution in [0.1, 0.15) is 33.6 Å². The zero-order valence-corrected chi connectivity index (χ0v) is 9.31. The first-order valence-corrected chi connectivity index (χ1v) is 4.99. The Morgan fingerprint density at radius 2 is 2.00 bits per heavy atom. The van der Waals surface area contributed by atoms with E-state index < -0.39 is 0 Å². The second-order valence-corrected chi connectivity index (χ2v) is 6.07. The van der Waals surface area contributed by atoms with Gasteiger partial charge in [0.05, 0.1) is 0 Å². The van der Waals surface area contributed by atoms with Crippen LogP contribution in [-0.4, -0.2) is 9.97 Å². The van der Waals surface area contributed by atoms with E-state index in [4.69, 9.17) is 5.73 Å². The molecule has 10 heavy (non-hydrogen) atoms. The maximum absolute atomic E-state index is 5.64. The molecule has 2 N–H and O–H groups in total. The molecule has 1 atom stereocenters. The Kier molecular flexibility index (Phi) is 4.86. The van der Waals surface area contributed by atoms with Gasteiger partial charge in [0.2, 0.25) is 0 Å². The zero-order valence-electron chi connectivity index (χ0n) is 7.15. The summed E-state index contributed by atoms with van der Waals surface area (Å²) in [4.78, 5) is 0. The van der Waals surface area contributed by atoms with Crippen LogP contribution in [0.15, 0.2) is 0 Å². The first kappa shape index (κ1) is 10.7. The number of halogens is 1. The summed E-state index contributed by atoms with van der Waals surface area (Å²) in [6, 6.07) is 0. The highest BCUT2D eigenvalue weighted by Crippen LogP contribution is 2.14. The van der Waals surface area contributed by atoms with E-state index in [-0.39, 0.29) is 0 Å². The van der Waals surface area contributed by atoms with Gasteiger partial charge in [0.25, 0.3) is 0 Å². The van der Waals surface area contributed by atoms with Gasteiger partial charge in [-0.2, -0.15) is 3.42 Å². The van der Waals surface area contributed by atoms with Crippen molar-refractivity contribution in [1.82, 2.24) is 0 Å². The molecule has 0 saturated carbocycles. The molecule has 0 spiro atoms. The van der Waals surface area contributed by atoms with Crippen molar-refractivity contribution in [2.75, 3.05) is 6.54 Å². The smallest absolute Gasteiger partial charge is 0.00622 e. The molecule has 2 heteroatoms. The molecular weight excluding hydrogens is 237 g/mol. The van der Waals surface area contributed by atoms with Crippen molar-refractivity contribution in [3.63, 3.8) is 0 Å². The van der Waals surface area contributed by atoms with Gasteiger partial charge in [0.1, 0.15) is 0 Å². The fraction of sp³-hybridized carbons (Fsp3) is 1.00. The van der Waals surface area contributed by atoms with Crippen molar-refractivity contribution in [3.05, 3.63) is 0 Å². The third-order valence-corrected chi connectivity index (χ3v) is 2.77. The fourth-order valence-electron chi connectivity index (χ4n) is 1.09. The number of hydrogen-bond acceptors (Lipinski definition) is 1. The van der Waals surface area contributed by atoms with Gasteiger partial charge in [-0.25, -0.2) is 0 Å². The second-order valence-electron chi connectivity index (χ2n) is 3.29. The SMILES string of the molecule is CCCC(CN)C(C)(C)[I-]. The quantitative estimate of drug-likeness (QED) is 0.490. The Morgan fingerprint density at radius 3 is 2.10 bits per heavy atom. The maximum Gasteiger partial charge on any atom is -0.00622 e. The van der Waals surface area contributed by atoms with E-state index in [1.165, 1.54) is 12.8 Å². The zero-order chi connectivity index (χ0) is 8.20. The van der Waals surface area contributed by atoms with E-state index in [2.05, 4.69) is 43.4 Å². The molecule has 1 radical (unpaired) electrons. The van der Waals surface area contributed by atoms with Crippen LogP contribution in [0.25, 0.3) is 0 Å². The van der Waals surface area contributed by atoms with Crippen molar-refractivity contribution >= 4 is 0 Å². The summed E-state index contributed by atoms with van der Waals surface area (Å²) in [5, 5.41) is 0. The first-order valence-electron chi connectivity index (χ1n) is 3.91. The summed E-state index contributed by atoms with van der Waals surface area (Å²) in [7, 11) is 0. The molecule has 0 saturated heterocycles. The largest absolute Gasteiger partial charge is 0.790 e. The molecule has 0 aromatic carbocycles. The van der Waals surface area contributed by atoms with Gasteiger partial charge in [-0.1, -0.05) is 33.6 Å². The molecule has 0 heterocycles. The molecule has 0 aliphatic heterocycles. The van der Waals surface area contributed by atoms with E-state index in [1.54, 1.807) is 0 Å². The molecule has 0 aliphatic rings. The number of hydrogen-bond donors (Lipinski definition) is 1. The molecule has 0 aliphatic carbocycles. The minimum Gasteiger partial charge on any atom is -0.790 e. The fourth-order valence-corrected chi connectivity index (χ4v) is 1.66. The summed E-state index contributed by atoms with van der Waals surface area (Å²) in [5.74, 6) is 0.679. The summed E-state index contributed by atoms with van der Waals surface area (Å²) in [6.07, 6.45) is 2.50. The van der Waals surface area contributed by atoms with Crippen molar-refractivity contribution < 1.29 is 22.6 Å². The van der Waals surface area contributed by atoms with Gasteiger partial charge < -0.3 is 28.3 Å². The minimum absolute atomic E-state index is 0.364. The molecule has 63 valence electrons. The normalized spacial score (nSPS) is 15.3. The van der Waals surface area contributed by atoms with Gasteiger partial charge >= 0.3 is 0 Å². The summed E-state index contributed by atoms with van der Waals surface area (Å²) in [5.41, 5.74) is 5.64. The Balaban J connectivity index is 3.81. The van der Waals surface area contributed by atoms with Crippen LogP contribution in [-0.2, 0) is 0 Å². The van der Waals surface area contributed by atoms with Crippen molar-refractivity contribution in [2.45, 2.75) is 37.0 Å². The van der Waals surface area contributed by atoms with Crippen molar-refractivity contribution in [2.24, 2.45) is 11.7 Å². The Hall–Kier alpha value is 0.690. The predicted molar refractivity (Wildman–Crippen MR) is 41.5 cm³/mol. The average Bonchev–Trinajstić information content (AvgIpc) is 1.80. The van der Waals surface area contributed by atoms with Crippen LogP contribution in [0.5, 0.6) is 0 Å². The van der Waals surface area contributed by atoms with Crippen LogP contribution in [0.2, 0.25) is 0 Å². The Bertz CT molecular complexity index is 85.7. The lowest BCUT2D eigenvalue weighted by Gasteiger charge is -2.40. The van der Waals surface area contributed by atoms with Crippen LogP contribution in [0.3, 0.4) is 0 Å². The third-order valence-electron chi connectivity index (χ3n) is 1.89. The maximum atomic E-state index is 5.64. The van der Waals surface area contributed by atoms with E-state index >= 15 is 0 Å². The van der Waals surface area contributed by atoms with Gasteiger partial charge in [-0.05, 0) is 12.5 Å². The van der Waals surface area contributed by atoms with Crippen LogP contribution >= 0.6 is 0 Å². The molecule has 0 aromatic rings. The molecular formula is C8H18IN-. The molecule has 1 unspecified atom stereocenters. The van der Waals surface area contributed by atoms with Crippen molar-refractivity contribution in [3.8, 4) is 0 Å². The first-order chi connectivity index (χ1) is 4.52. The standard InChI is InChI=1S/C8H18IN/c1-4-5-7(6-10)8(2,3)9/h7H,4-6,10H2,1-3H3/q-1. The molecule has 0 fully saturated rings. The van der Waals surface area contributed by atoms with E-state index in [1.807, 2.05) is 0 Å². The van der Waals surface area contributed by atoms with E-state index in [0.29, 0.717) is 9.34 Å².